The van der Waals surface area contributed by atoms with Crippen LogP contribution in [0, 0.1) is 5.82 Å². The van der Waals surface area contributed by atoms with Crippen molar-refractivity contribution in [1.82, 2.24) is 24.7 Å². The van der Waals surface area contributed by atoms with Crippen LogP contribution in [0.4, 0.5) is 4.39 Å². The van der Waals surface area contributed by atoms with Crippen LogP contribution < -0.4 is 4.72 Å². The SMILES string of the molecule is O=S(=O)(NCc1cn(-c2ccncc2)nn1)c1ccc(-c2ccc(F)cc2)cc1. The molecule has 0 spiro atoms. The molecule has 7 nitrogen and oxygen atoms in total. The quantitative estimate of drug-likeness (QED) is 0.529. The molecule has 0 saturated heterocycles. The first-order valence-electron chi connectivity index (χ1n) is 8.68. The summed E-state index contributed by atoms with van der Waals surface area (Å²) in [5, 5.41) is 7.97. The first-order chi connectivity index (χ1) is 14.0. The molecule has 0 saturated carbocycles. The Morgan fingerprint density at radius 3 is 2.17 bits per heavy atom. The molecule has 0 amide bonds. The maximum absolute atomic E-state index is 13.0. The standard InChI is InChI=1S/C20H16FN5O2S/c21-17-5-1-15(2-6-17)16-3-7-20(8-4-16)29(27,28)23-13-18-14-26(25-24-18)19-9-11-22-12-10-19/h1-12,14,23H,13H2. The normalized spacial score (nSPS) is 11.5. The monoisotopic (exact) mass is 409 g/mol. The van der Waals surface area contributed by atoms with E-state index >= 15 is 0 Å². The average Bonchev–Trinajstić information content (AvgIpc) is 3.23. The molecule has 0 bridgehead atoms. The molecule has 9 heteroatoms. The second-order valence-electron chi connectivity index (χ2n) is 6.22. The van der Waals surface area contributed by atoms with Crippen LogP contribution >= 0.6 is 0 Å². The topological polar surface area (TPSA) is 89.8 Å². The Morgan fingerprint density at radius 2 is 1.52 bits per heavy atom. The van der Waals surface area contributed by atoms with Crippen LogP contribution in [0.3, 0.4) is 0 Å². The van der Waals surface area contributed by atoms with Crippen molar-refractivity contribution in [3.05, 3.63) is 90.8 Å². The third-order valence-electron chi connectivity index (χ3n) is 4.25. The molecule has 1 N–H and O–H groups in total. The molecule has 0 aliphatic rings. The Labute approximate surface area is 166 Å². The van der Waals surface area contributed by atoms with Gasteiger partial charge in [0.15, 0.2) is 0 Å². The highest BCUT2D eigenvalue weighted by Gasteiger charge is 2.15. The zero-order chi connectivity index (χ0) is 20.3. The van der Waals surface area contributed by atoms with E-state index in [-0.39, 0.29) is 17.3 Å². The number of halogens is 1. The van der Waals surface area contributed by atoms with Gasteiger partial charge in [0.2, 0.25) is 10.0 Å². The van der Waals surface area contributed by atoms with E-state index in [2.05, 4.69) is 20.0 Å². The van der Waals surface area contributed by atoms with Gasteiger partial charge in [0.05, 0.1) is 29.0 Å². The minimum atomic E-state index is -3.72. The van der Waals surface area contributed by atoms with E-state index in [9.17, 15) is 12.8 Å². The predicted molar refractivity (Wildman–Crippen MR) is 105 cm³/mol. The van der Waals surface area contributed by atoms with Gasteiger partial charge in [-0.1, -0.05) is 29.5 Å². The summed E-state index contributed by atoms with van der Waals surface area (Å²) in [6.07, 6.45) is 4.92. The third kappa shape index (κ3) is 4.36. The molecular formula is C20H16FN5O2S. The van der Waals surface area contributed by atoms with Crippen molar-refractivity contribution in [2.24, 2.45) is 0 Å². The lowest BCUT2D eigenvalue weighted by atomic mass is 10.1. The first kappa shape index (κ1) is 18.9. The van der Waals surface area contributed by atoms with Gasteiger partial charge in [0.25, 0.3) is 0 Å². The van der Waals surface area contributed by atoms with Gasteiger partial charge >= 0.3 is 0 Å². The summed E-state index contributed by atoms with van der Waals surface area (Å²) in [7, 11) is -3.72. The Balaban J connectivity index is 1.45. The second kappa shape index (κ2) is 7.90. The third-order valence-corrected chi connectivity index (χ3v) is 5.67. The van der Waals surface area contributed by atoms with Crippen LogP contribution in [0.5, 0.6) is 0 Å². The summed E-state index contributed by atoms with van der Waals surface area (Å²) in [5.41, 5.74) is 2.85. The van der Waals surface area contributed by atoms with Gasteiger partial charge in [-0.15, -0.1) is 5.10 Å². The Bertz CT molecular complexity index is 1210. The van der Waals surface area contributed by atoms with E-state index in [1.165, 1.54) is 24.3 Å². The number of benzene rings is 2. The zero-order valence-corrected chi connectivity index (χ0v) is 15.9. The molecule has 2 aromatic heterocycles. The molecule has 29 heavy (non-hydrogen) atoms. The molecule has 0 aliphatic carbocycles. The number of rotatable bonds is 6. The molecule has 2 aromatic carbocycles. The zero-order valence-electron chi connectivity index (χ0n) is 15.1. The molecule has 146 valence electrons. The number of nitrogens with one attached hydrogen (secondary N) is 1. The van der Waals surface area contributed by atoms with E-state index in [0.29, 0.717) is 5.69 Å². The van der Waals surface area contributed by atoms with Gasteiger partial charge in [0.1, 0.15) is 5.82 Å². The highest BCUT2D eigenvalue weighted by molar-refractivity contribution is 7.89. The van der Waals surface area contributed by atoms with Crippen molar-refractivity contribution in [3.8, 4) is 16.8 Å². The number of pyridine rings is 1. The summed E-state index contributed by atoms with van der Waals surface area (Å²) in [6.45, 7) is 0.00707. The van der Waals surface area contributed by atoms with E-state index in [4.69, 9.17) is 0 Å². The van der Waals surface area contributed by atoms with Crippen molar-refractivity contribution in [1.29, 1.82) is 0 Å². The highest BCUT2D eigenvalue weighted by Crippen LogP contribution is 2.21. The van der Waals surface area contributed by atoms with Gasteiger partial charge in [-0.05, 0) is 47.5 Å². The molecule has 0 fully saturated rings. The van der Waals surface area contributed by atoms with E-state index in [0.717, 1.165) is 16.8 Å². The fraction of sp³-hybridized carbons (Fsp3) is 0.0500. The molecular weight excluding hydrogens is 393 g/mol. The number of sulfonamides is 1. The van der Waals surface area contributed by atoms with Crippen molar-refractivity contribution < 1.29 is 12.8 Å². The fourth-order valence-electron chi connectivity index (χ4n) is 2.72. The van der Waals surface area contributed by atoms with Crippen LogP contribution in [-0.4, -0.2) is 28.4 Å². The molecule has 4 aromatic rings. The van der Waals surface area contributed by atoms with Gasteiger partial charge in [-0.3, -0.25) is 4.98 Å². The summed E-state index contributed by atoms with van der Waals surface area (Å²) in [5.74, 6) is -0.321. The van der Waals surface area contributed by atoms with E-state index in [1.54, 1.807) is 59.7 Å². The van der Waals surface area contributed by atoms with Gasteiger partial charge in [0, 0.05) is 12.4 Å². The molecule has 2 heterocycles. The number of aromatic nitrogens is 4. The van der Waals surface area contributed by atoms with Crippen molar-refractivity contribution in [2.75, 3.05) is 0 Å². The molecule has 4 rings (SSSR count). The van der Waals surface area contributed by atoms with Gasteiger partial charge < -0.3 is 0 Å². The van der Waals surface area contributed by atoms with E-state index in [1.807, 2.05) is 0 Å². The van der Waals surface area contributed by atoms with Crippen LogP contribution in [0.1, 0.15) is 5.69 Å². The van der Waals surface area contributed by atoms with Crippen LogP contribution in [0.15, 0.2) is 84.1 Å². The number of hydrogen-bond acceptors (Lipinski definition) is 5. The summed E-state index contributed by atoms with van der Waals surface area (Å²) < 4.78 is 42.2. The summed E-state index contributed by atoms with van der Waals surface area (Å²) in [6, 6.07) is 15.9. The lowest BCUT2D eigenvalue weighted by Crippen LogP contribution is -2.23. The van der Waals surface area contributed by atoms with E-state index < -0.39 is 10.0 Å². The van der Waals surface area contributed by atoms with Gasteiger partial charge in [-0.2, -0.15) is 0 Å². The minimum Gasteiger partial charge on any atom is -0.265 e. The lowest BCUT2D eigenvalue weighted by molar-refractivity contribution is 0.580. The van der Waals surface area contributed by atoms with Crippen molar-refractivity contribution in [3.63, 3.8) is 0 Å². The molecule has 0 aliphatic heterocycles. The Kier molecular flexibility index (Phi) is 5.15. The maximum atomic E-state index is 13.0. The Morgan fingerprint density at radius 1 is 0.897 bits per heavy atom. The second-order valence-corrected chi connectivity index (χ2v) is 7.98. The Hall–Kier alpha value is -3.43. The molecule has 0 unspecified atom stereocenters. The summed E-state index contributed by atoms with van der Waals surface area (Å²) >= 11 is 0. The molecule has 0 atom stereocenters. The van der Waals surface area contributed by atoms with Crippen LogP contribution in [0.2, 0.25) is 0 Å². The lowest BCUT2D eigenvalue weighted by Gasteiger charge is -2.07. The summed E-state index contributed by atoms with van der Waals surface area (Å²) in [4.78, 5) is 4.07. The van der Waals surface area contributed by atoms with Crippen LogP contribution in [0.25, 0.3) is 16.8 Å². The largest absolute Gasteiger partial charge is 0.265 e. The fourth-order valence-corrected chi connectivity index (χ4v) is 3.72. The number of hydrogen-bond donors (Lipinski definition) is 1. The van der Waals surface area contributed by atoms with Crippen molar-refractivity contribution in [2.45, 2.75) is 11.4 Å². The maximum Gasteiger partial charge on any atom is 0.240 e. The smallest absolute Gasteiger partial charge is 0.240 e. The van der Waals surface area contributed by atoms with Crippen molar-refractivity contribution >= 4 is 10.0 Å². The van der Waals surface area contributed by atoms with Crippen LogP contribution in [-0.2, 0) is 16.6 Å². The minimum absolute atomic E-state index is 0.00707. The first-order valence-corrected chi connectivity index (χ1v) is 10.2. The average molecular weight is 409 g/mol. The molecule has 0 radical (unpaired) electrons. The highest BCUT2D eigenvalue weighted by atomic mass is 32.2. The van der Waals surface area contributed by atoms with Gasteiger partial charge in [-0.25, -0.2) is 22.2 Å². The predicted octanol–water partition coefficient (Wildman–Crippen LogP) is 2.95. The number of nitrogens with zero attached hydrogens (tertiary/aromatic N) is 4.